The van der Waals surface area contributed by atoms with Crippen molar-refractivity contribution >= 4 is 5.78 Å². The average Bonchev–Trinajstić information content (AvgIpc) is 2.65. The zero-order valence-corrected chi connectivity index (χ0v) is 15.0. The van der Waals surface area contributed by atoms with Crippen LogP contribution in [0.4, 0.5) is 0 Å². The van der Waals surface area contributed by atoms with Gasteiger partial charge in [-0.2, -0.15) is 0 Å². The van der Waals surface area contributed by atoms with Crippen LogP contribution in [0.1, 0.15) is 56.2 Å². The fourth-order valence-corrected chi connectivity index (χ4v) is 5.01. The van der Waals surface area contributed by atoms with Gasteiger partial charge >= 0.3 is 0 Å². The summed E-state index contributed by atoms with van der Waals surface area (Å²) < 4.78 is 0. The molecule has 25 heavy (non-hydrogen) atoms. The Morgan fingerprint density at radius 1 is 1.00 bits per heavy atom. The second-order valence-electron chi connectivity index (χ2n) is 7.87. The number of carbonyl (C=O) groups excluding carboxylic acids is 1. The molecular formula is C23H27NO. The normalized spacial score (nSPS) is 30.0. The van der Waals surface area contributed by atoms with E-state index in [0.29, 0.717) is 12.2 Å². The molecule has 0 unspecified atom stereocenters. The Hall–Kier alpha value is -1.93. The second kappa shape index (κ2) is 6.76. The van der Waals surface area contributed by atoms with E-state index in [1.807, 2.05) is 0 Å². The summed E-state index contributed by atoms with van der Waals surface area (Å²) in [4.78, 5) is 15.6. The average molecular weight is 333 g/mol. The summed E-state index contributed by atoms with van der Waals surface area (Å²) in [6.07, 6.45) is 5.26. The van der Waals surface area contributed by atoms with E-state index < -0.39 is 0 Å². The van der Waals surface area contributed by atoms with Gasteiger partial charge in [0.25, 0.3) is 0 Å². The van der Waals surface area contributed by atoms with Gasteiger partial charge in [-0.3, -0.25) is 9.69 Å². The molecule has 0 bridgehead atoms. The van der Waals surface area contributed by atoms with Gasteiger partial charge in [-0.1, -0.05) is 73.5 Å². The first-order valence-electron chi connectivity index (χ1n) is 9.57. The van der Waals surface area contributed by atoms with Crippen molar-refractivity contribution in [3.05, 3.63) is 71.8 Å². The largest absolute Gasteiger partial charge is 0.299 e. The Balaban J connectivity index is 1.75. The van der Waals surface area contributed by atoms with Gasteiger partial charge in [-0.15, -0.1) is 0 Å². The van der Waals surface area contributed by atoms with Gasteiger partial charge in [0, 0.05) is 30.5 Å². The zero-order chi connectivity index (χ0) is 17.3. The van der Waals surface area contributed by atoms with Crippen molar-refractivity contribution in [2.24, 2.45) is 5.92 Å². The van der Waals surface area contributed by atoms with Crippen molar-refractivity contribution in [2.75, 3.05) is 0 Å². The fourth-order valence-electron chi connectivity index (χ4n) is 5.01. The highest BCUT2D eigenvalue weighted by Gasteiger charge is 2.51. The van der Waals surface area contributed by atoms with Crippen molar-refractivity contribution in [2.45, 2.75) is 57.2 Å². The third-order valence-corrected chi connectivity index (χ3v) is 6.37. The van der Waals surface area contributed by atoms with E-state index in [2.05, 4.69) is 72.5 Å². The summed E-state index contributed by atoms with van der Waals surface area (Å²) in [7, 11) is 0. The first-order chi connectivity index (χ1) is 12.2. The van der Waals surface area contributed by atoms with E-state index in [1.165, 1.54) is 24.0 Å². The number of Topliss-reactive ketones (excluding diaryl/α,β-unsaturated/α-hetero) is 1. The quantitative estimate of drug-likeness (QED) is 0.774. The van der Waals surface area contributed by atoms with Crippen LogP contribution >= 0.6 is 0 Å². The molecule has 1 saturated heterocycles. The van der Waals surface area contributed by atoms with Crippen LogP contribution in [-0.2, 0) is 11.3 Å². The number of rotatable bonds is 3. The number of piperidine rings is 1. The van der Waals surface area contributed by atoms with Crippen LogP contribution < -0.4 is 0 Å². The number of hydrogen-bond acceptors (Lipinski definition) is 2. The van der Waals surface area contributed by atoms with Crippen LogP contribution in [0.5, 0.6) is 0 Å². The number of carbonyl (C=O) groups is 1. The summed E-state index contributed by atoms with van der Waals surface area (Å²) in [6.45, 7) is 3.26. The van der Waals surface area contributed by atoms with Crippen molar-refractivity contribution < 1.29 is 4.79 Å². The van der Waals surface area contributed by atoms with Gasteiger partial charge in [0.1, 0.15) is 5.78 Å². The van der Waals surface area contributed by atoms with Crippen LogP contribution in [-0.4, -0.2) is 16.2 Å². The first kappa shape index (κ1) is 16.5. The number of ketones is 1. The van der Waals surface area contributed by atoms with Crippen molar-refractivity contribution in [1.29, 1.82) is 0 Å². The van der Waals surface area contributed by atoms with E-state index >= 15 is 0 Å². The Morgan fingerprint density at radius 3 is 2.40 bits per heavy atom. The predicted octanol–water partition coefficient (Wildman–Crippen LogP) is 5.15. The highest BCUT2D eigenvalue weighted by molar-refractivity contribution is 5.84. The van der Waals surface area contributed by atoms with Gasteiger partial charge in [0.15, 0.2) is 0 Å². The molecule has 0 spiro atoms. The van der Waals surface area contributed by atoms with Gasteiger partial charge < -0.3 is 0 Å². The van der Waals surface area contributed by atoms with E-state index in [0.717, 1.165) is 19.4 Å². The van der Waals surface area contributed by atoms with Crippen LogP contribution in [0.15, 0.2) is 60.7 Å². The zero-order valence-electron chi connectivity index (χ0n) is 15.0. The smallest absolute Gasteiger partial charge is 0.139 e. The molecule has 1 heterocycles. The van der Waals surface area contributed by atoms with Gasteiger partial charge in [0.2, 0.25) is 0 Å². The van der Waals surface area contributed by atoms with Crippen molar-refractivity contribution in [3.8, 4) is 0 Å². The van der Waals surface area contributed by atoms with Crippen molar-refractivity contribution in [3.63, 3.8) is 0 Å². The minimum absolute atomic E-state index is 0.0239. The molecular weight excluding hydrogens is 306 g/mol. The summed E-state index contributed by atoms with van der Waals surface area (Å²) in [5.41, 5.74) is 2.59. The molecule has 1 aliphatic carbocycles. The summed E-state index contributed by atoms with van der Waals surface area (Å²) in [5, 5.41) is 0. The van der Waals surface area contributed by atoms with Gasteiger partial charge in [-0.25, -0.2) is 0 Å². The lowest BCUT2D eigenvalue weighted by Gasteiger charge is -2.55. The lowest BCUT2D eigenvalue weighted by atomic mass is 9.65. The van der Waals surface area contributed by atoms with Crippen LogP contribution in [0, 0.1) is 5.92 Å². The second-order valence-corrected chi connectivity index (χ2v) is 7.87. The minimum atomic E-state index is -0.0239. The SMILES string of the molecule is C[C@]12CCCC[C@@H]1C(=O)C[C@@H](c1ccccc1)N2Cc1ccccc1. The molecule has 0 amide bonds. The summed E-state index contributed by atoms with van der Waals surface area (Å²) in [6, 6.07) is 21.5. The molecule has 2 nitrogen and oxygen atoms in total. The number of benzene rings is 2. The summed E-state index contributed by atoms with van der Waals surface area (Å²) in [5.74, 6) is 0.672. The molecule has 1 saturated carbocycles. The molecule has 2 aliphatic rings. The van der Waals surface area contributed by atoms with E-state index in [4.69, 9.17) is 0 Å². The predicted molar refractivity (Wildman–Crippen MR) is 101 cm³/mol. The molecule has 2 fully saturated rings. The molecule has 2 aromatic rings. The van der Waals surface area contributed by atoms with E-state index in [1.54, 1.807) is 0 Å². The number of likely N-dealkylation sites (tertiary alicyclic amines) is 1. The maximum atomic E-state index is 13.0. The number of hydrogen-bond donors (Lipinski definition) is 0. The van der Waals surface area contributed by atoms with Crippen LogP contribution in [0.2, 0.25) is 0 Å². The number of fused-ring (bicyclic) bond motifs is 1. The molecule has 0 aromatic heterocycles. The topological polar surface area (TPSA) is 20.3 Å². The number of nitrogens with zero attached hydrogens (tertiary/aromatic N) is 1. The van der Waals surface area contributed by atoms with E-state index in [9.17, 15) is 4.79 Å². The molecule has 2 heteroatoms. The summed E-state index contributed by atoms with van der Waals surface area (Å²) >= 11 is 0. The lowest BCUT2D eigenvalue weighted by molar-refractivity contribution is -0.144. The van der Waals surface area contributed by atoms with Crippen LogP contribution in [0.3, 0.4) is 0 Å². The van der Waals surface area contributed by atoms with Gasteiger partial charge in [0.05, 0.1) is 0 Å². The minimum Gasteiger partial charge on any atom is -0.299 e. The van der Waals surface area contributed by atoms with Gasteiger partial charge in [-0.05, 0) is 30.9 Å². The fraction of sp³-hybridized carbons (Fsp3) is 0.435. The van der Waals surface area contributed by atoms with Crippen molar-refractivity contribution in [1.82, 2.24) is 4.90 Å². The van der Waals surface area contributed by atoms with Crippen LogP contribution in [0.25, 0.3) is 0 Å². The molecule has 3 atom stereocenters. The molecule has 0 N–H and O–H groups in total. The Bertz CT molecular complexity index is 726. The highest BCUT2D eigenvalue weighted by Crippen LogP contribution is 2.49. The molecule has 130 valence electrons. The monoisotopic (exact) mass is 333 g/mol. The maximum Gasteiger partial charge on any atom is 0.139 e. The third kappa shape index (κ3) is 3.04. The Morgan fingerprint density at radius 2 is 1.68 bits per heavy atom. The Labute approximate surface area is 150 Å². The van der Waals surface area contributed by atoms with E-state index in [-0.39, 0.29) is 17.5 Å². The first-order valence-corrected chi connectivity index (χ1v) is 9.57. The Kier molecular flexibility index (Phi) is 4.47. The highest BCUT2D eigenvalue weighted by atomic mass is 16.1. The standard InChI is InChI=1S/C23H27NO/c1-23-15-9-8-14-20(23)22(25)16-21(19-12-6-3-7-13-19)24(23)17-18-10-4-2-5-11-18/h2-7,10-13,20-21H,8-9,14-17H2,1H3/t20-,21+,23+/m1/s1. The molecule has 2 aromatic carbocycles. The molecule has 1 aliphatic heterocycles. The maximum absolute atomic E-state index is 13.0. The molecule has 0 radical (unpaired) electrons. The lowest BCUT2D eigenvalue weighted by Crippen LogP contribution is -2.60. The molecule has 4 rings (SSSR count). The third-order valence-electron chi connectivity index (χ3n) is 6.37.